The van der Waals surface area contributed by atoms with Crippen LogP contribution in [0.5, 0.6) is 0 Å². The fraction of sp³-hybridized carbons (Fsp3) is 0.533. The number of hydrogen-bond acceptors (Lipinski definition) is 3. The van der Waals surface area contributed by atoms with E-state index in [1.165, 1.54) is 0 Å². The van der Waals surface area contributed by atoms with Gasteiger partial charge < -0.3 is 10.6 Å². The zero-order valence-electron chi connectivity index (χ0n) is 12.6. The van der Waals surface area contributed by atoms with E-state index < -0.39 is 5.41 Å². The SMILES string of the molecule is CCC(C)NC(=O)C(C)(C)C(=O)NCc1ccncc1. The summed E-state index contributed by atoms with van der Waals surface area (Å²) in [5.74, 6) is -0.533. The Bertz CT molecular complexity index is 457. The highest BCUT2D eigenvalue weighted by molar-refractivity contribution is 6.04. The molecular weight excluding hydrogens is 254 g/mol. The quantitative estimate of drug-likeness (QED) is 0.776. The number of carbonyl (C=O) groups is 2. The standard InChI is InChI=1S/C15H23N3O2/c1-5-11(2)18-14(20)15(3,4)13(19)17-10-12-6-8-16-9-7-12/h6-9,11H,5,10H2,1-4H3,(H,17,19)(H,18,20). The van der Waals surface area contributed by atoms with Crippen molar-refractivity contribution < 1.29 is 9.59 Å². The van der Waals surface area contributed by atoms with Gasteiger partial charge in [0.25, 0.3) is 0 Å². The Balaban J connectivity index is 2.58. The molecule has 1 rings (SSSR count). The molecule has 5 heteroatoms. The van der Waals surface area contributed by atoms with Crippen LogP contribution < -0.4 is 10.6 Å². The van der Waals surface area contributed by atoms with E-state index in [-0.39, 0.29) is 17.9 Å². The predicted molar refractivity (Wildman–Crippen MR) is 77.8 cm³/mol. The first kappa shape index (κ1) is 16.1. The molecule has 1 atom stereocenters. The third kappa shape index (κ3) is 4.33. The van der Waals surface area contributed by atoms with Crippen LogP contribution in [-0.2, 0) is 16.1 Å². The normalized spacial score (nSPS) is 12.6. The lowest BCUT2D eigenvalue weighted by Gasteiger charge is -2.24. The van der Waals surface area contributed by atoms with E-state index in [0.29, 0.717) is 6.54 Å². The minimum Gasteiger partial charge on any atom is -0.353 e. The van der Waals surface area contributed by atoms with Crippen LogP contribution in [0.15, 0.2) is 24.5 Å². The van der Waals surface area contributed by atoms with Gasteiger partial charge in [-0.05, 0) is 44.9 Å². The zero-order valence-corrected chi connectivity index (χ0v) is 12.6. The minimum absolute atomic E-state index is 0.0646. The van der Waals surface area contributed by atoms with Gasteiger partial charge in [0.1, 0.15) is 5.41 Å². The lowest BCUT2D eigenvalue weighted by Crippen LogP contribution is -2.49. The second kappa shape index (κ2) is 7.03. The maximum absolute atomic E-state index is 12.2. The third-order valence-corrected chi connectivity index (χ3v) is 3.33. The Labute approximate surface area is 120 Å². The maximum Gasteiger partial charge on any atom is 0.235 e. The van der Waals surface area contributed by atoms with Crippen molar-refractivity contribution in [3.8, 4) is 0 Å². The molecule has 0 fully saturated rings. The van der Waals surface area contributed by atoms with Crippen LogP contribution in [0.1, 0.15) is 39.7 Å². The van der Waals surface area contributed by atoms with Crippen LogP contribution in [0.3, 0.4) is 0 Å². The lowest BCUT2D eigenvalue weighted by molar-refractivity contribution is -0.141. The maximum atomic E-state index is 12.2. The number of rotatable bonds is 6. The highest BCUT2D eigenvalue weighted by Crippen LogP contribution is 2.16. The highest BCUT2D eigenvalue weighted by Gasteiger charge is 2.36. The van der Waals surface area contributed by atoms with Crippen LogP contribution in [0.2, 0.25) is 0 Å². The molecule has 0 spiro atoms. The van der Waals surface area contributed by atoms with Crippen molar-refractivity contribution in [3.63, 3.8) is 0 Å². The molecule has 0 aromatic carbocycles. The number of hydrogen-bond donors (Lipinski definition) is 2. The molecule has 0 bridgehead atoms. The van der Waals surface area contributed by atoms with Gasteiger partial charge in [0, 0.05) is 25.0 Å². The molecule has 0 saturated heterocycles. The second-order valence-corrected chi connectivity index (χ2v) is 5.45. The van der Waals surface area contributed by atoms with Gasteiger partial charge in [-0.3, -0.25) is 14.6 Å². The summed E-state index contributed by atoms with van der Waals surface area (Å²) >= 11 is 0. The number of nitrogens with one attached hydrogen (secondary N) is 2. The summed E-state index contributed by atoms with van der Waals surface area (Å²) in [5.41, 5.74) is -0.136. The van der Waals surface area contributed by atoms with Crippen LogP contribution >= 0.6 is 0 Å². The van der Waals surface area contributed by atoms with Gasteiger partial charge in [0.2, 0.25) is 11.8 Å². The molecule has 0 aliphatic rings. The monoisotopic (exact) mass is 277 g/mol. The molecule has 0 aliphatic heterocycles. The highest BCUT2D eigenvalue weighted by atomic mass is 16.2. The lowest BCUT2D eigenvalue weighted by atomic mass is 9.90. The summed E-state index contributed by atoms with van der Waals surface area (Å²) in [6.07, 6.45) is 4.17. The van der Waals surface area contributed by atoms with Crippen LogP contribution in [-0.4, -0.2) is 22.8 Å². The average molecular weight is 277 g/mol. The van der Waals surface area contributed by atoms with Crippen molar-refractivity contribution in [2.45, 2.75) is 46.7 Å². The summed E-state index contributed by atoms with van der Waals surface area (Å²) in [4.78, 5) is 28.2. The van der Waals surface area contributed by atoms with Gasteiger partial charge in [-0.25, -0.2) is 0 Å². The molecule has 5 nitrogen and oxygen atoms in total. The Kier molecular flexibility index (Phi) is 5.67. The van der Waals surface area contributed by atoms with Crippen LogP contribution in [0.25, 0.3) is 0 Å². The van der Waals surface area contributed by atoms with E-state index in [4.69, 9.17) is 0 Å². The first-order valence-electron chi connectivity index (χ1n) is 6.86. The van der Waals surface area contributed by atoms with E-state index in [1.807, 2.05) is 26.0 Å². The molecular formula is C15H23N3O2. The Morgan fingerprint density at radius 3 is 2.40 bits per heavy atom. The van der Waals surface area contributed by atoms with Gasteiger partial charge in [0.05, 0.1) is 0 Å². The Morgan fingerprint density at radius 2 is 1.85 bits per heavy atom. The van der Waals surface area contributed by atoms with Crippen molar-refractivity contribution in [3.05, 3.63) is 30.1 Å². The fourth-order valence-corrected chi connectivity index (χ4v) is 1.51. The van der Waals surface area contributed by atoms with Crippen molar-refractivity contribution in [1.29, 1.82) is 0 Å². The van der Waals surface area contributed by atoms with E-state index in [2.05, 4.69) is 15.6 Å². The molecule has 110 valence electrons. The molecule has 1 aromatic rings. The van der Waals surface area contributed by atoms with Gasteiger partial charge in [-0.15, -0.1) is 0 Å². The summed E-state index contributed by atoms with van der Waals surface area (Å²) in [6.45, 7) is 7.56. The van der Waals surface area contributed by atoms with Gasteiger partial charge >= 0.3 is 0 Å². The summed E-state index contributed by atoms with van der Waals surface area (Å²) in [5, 5.41) is 5.62. The predicted octanol–water partition coefficient (Wildman–Crippen LogP) is 1.64. The number of amides is 2. The number of nitrogens with zero attached hydrogens (tertiary/aromatic N) is 1. The molecule has 1 aromatic heterocycles. The van der Waals surface area contributed by atoms with Crippen molar-refractivity contribution >= 4 is 11.8 Å². The van der Waals surface area contributed by atoms with E-state index in [0.717, 1.165) is 12.0 Å². The summed E-state index contributed by atoms with van der Waals surface area (Å²) in [6, 6.07) is 3.72. The molecule has 0 radical (unpaired) electrons. The number of aromatic nitrogens is 1. The molecule has 1 heterocycles. The minimum atomic E-state index is -1.09. The van der Waals surface area contributed by atoms with Gasteiger partial charge in [0.15, 0.2) is 0 Å². The molecule has 2 amide bonds. The third-order valence-electron chi connectivity index (χ3n) is 3.33. The van der Waals surface area contributed by atoms with E-state index in [9.17, 15) is 9.59 Å². The van der Waals surface area contributed by atoms with Gasteiger partial charge in [-0.2, -0.15) is 0 Å². The zero-order chi connectivity index (χ0) is 15.2. The molecule has 0 aliphatic carbocycles. The van der Waals surface area contributed by atoms with Crippen molar-refractivity contribution in [2.75, 3.05) is 0 Å². The first-order chi connectivity index (χ1) is 9.37. The smallest absolute Gasteiger partial charge is 0.235 e. The number of pyridine rings is 1. The van der Waals surface area contributed by atoms with Crippen LogP contribution in [0.4, 0.5) is 0 Å². The number of carbonyl (C=O) groups excluding carboxylic acids is 2. The fourth-order valence-electron chi connectivity index (χ4n) is 1.51. The van der Waals surface area contributed by atoms with E-state index in [1.54, 1.807) is 26.2 Å². The molecule has 1 unspecified atom stereocenters. The molecule has 20 heavy (non-hydrogen) atoms. The molecule has 0 saturated carbocycles. The average Bonchev–Trinajstić information content (AvgIpc) is 2.45. The van der Waals surface area contributed by atoms with Crippen molar-refractivity contribution in [2.24, 2.45) is 5.41 Å². The summed E-state index contributed by atoms with van der Waals surface area (Å²) in [7, 11) is 0. The largest absolute Gasteiger partial charge is 0.353 e. The Morgan fingerprint density at radius 1 is 1.25 bits per heavy atom. The second-order valence-electron chi connectivity index (χ2n) is 5.45. The van der Waals surface area contributed by atoms with Crippen LogP contribution in [0, 0.1) is 5.41 Å². The topological polar surface area (TPSA) is 71.1 Å². The van der Waals surface area contributed by atoms with E-state index >= 15 is 0 Å². The Hall–Kier alpha value is -1.91. The molecule has 2 N–H and O–H groups in total. The summed E-state index contributed by atoms with van der Waals surface area (Å²) < 4.78 is 0. The van der Waals surface area contributed by atoms with Gasteiger partial charge in [-0.1, -0.05) is 6.92 Å². The first-order valence-corrected chi connectivity index (χ1v) is 6.86. The van der Waals surface area contributed by atoms with Crippen molar-refractivity contribution in [1.82, 2.24) is 15.6 Å².